The van der Waals surface area contributed by atoms with Crippen LogP contribution in [-0.4, -0.2) is 46.5 Å². The molecule has 7 heteroatoms. The quantitative estimate of drug-likeness (QED) is 0.702. The highest BCUT2D eigenvalue weighted by molar-refractivity contribution is 5.92. The van der Waals surface area contributed by atoms with Gasteiger partial charge < -0.3 is 20.5 Å². The summed E-state index contributed by atoms with van der Waals surface area (Å²) in [7, 11) is 0. The minimum Gasteiger partial charge on any atom is -0.360 e. The van der Waals surface area contributed by atoms with Crippen molar-refractivity contribution < 1.29 is 14.1 Å². The standard InChI is InChI=1S/C26H34N4O3/c27-20-10-8-19(9-11-20)26(32)30-13-12-21(15-22(30)14-17-4-2-1-3-5-17)28-25(31)23-16-24(33-29-23)18-6-7-18/h1-5,16,18-22H,6-15,27H2,(H,28,31)/t19-,20-,21?,22?. The van der Waals surface area contributed by atoms with Crippen LogP contribution in [0.4, 0.5) is 0 Å². The smallest absolute Gasteiger partial charge is 0.273 e. The van der Waals surface area contributed by atoms with Gasteiger partial charge in [-0.15, -0.1) is 0 Å². The SMILES string of the molecule is N[C@H]1CC[C@H](C(=O)N2CCC(NC(=O)c3cc(C4CC4)on3)CC2Cc2ccccc2)CC1. The summed E-state index contributed by atoms with van der Waals surface area (Å²) < 4.78 is 5.35. The van der Waals surface area contributed by atoms with Crippen LogP contribution < -0.4 is 11.1 Å². The lowest BCUT2D eigenvalue weighted by Gasteiger charge is -2.42. The van der Waals surface area contributed by atoms with Gasteiger partial charge in [0.25, 0.3) is 5.91 Å². The van der Waals surface area contributed by atoms with Gasteiger partial charge in [0.2, 0.25) is 5.91 Å². The number of likely N-dealkylation sites (tertiary alicyclic amines) is 1. The number of nitrogens with zero attached hydrogens (tertiary/aromatic N) is 2. The Hall–Kier alpha value is -2.67. The molecule has 1 saturated heterocycles. The van der Waals surface area contributed by atoms with Gasteiger partial charge in [-0.2, -0.15) is 0 Å². The third kappa shape index (κ3) is 5.29. The maximum atomic E-state index is 13.5. The molecule has 0 radical (unpaired) electrons. The first kappa shape index (κ1) is 22.1. The minimum atomic E-state index is -0.185. The Morgan fingerprint density at radius 1 is 1.06 bits per heavy atom. The third-order valence-electron chi connectivity index (χ3n) is 7.51. The first-order chi connectivity index (χ1) is 16.1. The number of nitrogens with two attached hydrogens (primary N) is 1. The van der Waals surface area contributed by atoms with Crippen LogP contribution in [0.3, 0.4) is 0 Å². The number of carbonyl (C=O) groups excluding carboxylic acids is 2. The molecule has 2 aliphatic carbocycles. The number of hydrogen-bond acceptors (Lipinski definition) is 5. The van der Waals surface area contributed by atoms with Crippen molar-refractivity contribution in [1.29, 1.82) is 0 Å². The van der Waals surface area contributed by atoms with Crippen molar-refractivity contribution in [3.05, 3.63) is 53.4 Å². The maximum absolute atomic E-state index is 13.5. The number of nitrogens with one attached hydrogen (secondary N) is 1. The van der Waals surface area contributed by atoms with Crippen LogP contribution in [0.15, 0.2) is 40.9 Å². The molecule has 1 aromatic carbocycles. The monoisotopic (exact) mass is 450 g/mol. The molecule has 176 valence electrons. The van der Waals surface area contributed by atoms with Crippen LogP contribution in [0, 0.1) is 5.92 Å². The predicted molar refractivity (Wildman–Crippen MR) is 125 cm³/mol. The number of piperidine rings is 1. The number of hydrogen-bond donors (Lipinski definition) is 2. The molecule has 3 fully saturated rings. The second-order valence-corrected chi connectivity index (χ2v) is 10.1. The van der Waals surface area contributed by atoms with Gasteiger partial charge in [-0.25, -0.2) is 0 Å². The van der Waals surface area contributed by atoms with Gasteiger partial charge >= 0.3 is 0 Å². The van der Waals surface area contributed by atoms with E-state index in [1.165, 1.54) is 5.56 Å². The highest BCUT2D eigenvalue weighted by atomic mass is 16.5. The predicted octanol–water partition coefficient (Wildman–Crippen LogP) is 3.40. The molecule has 3 aliphatic rings. The summed E-state index contributed by atoms with van der Waals surface area (Å²) in [6, 6.07) is 12.4. The van der Waals surface area contributed by atoms with E-state index < -0.39 is 0 Å². The highest BCUT2D eigenvalue weighted by Gasteiger charge is 2.37. The summed E-state index contributed by atoms with van der Waals surface area (Å²) in [4.78, 5) is 28.3. The van der Waals surface area contributed by atoms with Crippen LogP contribution in [0.1, 0.15) is 79.1 Å². The van der Waals surface area contributed by atoms with Crippen LogP contribution >= 0.6 is 0 Å². The third-order valence-corrected chi connectivity index (χ3v) is 7.51. The molecule has 2 atom stereocenters. The van der Waals surface area contributed by atoms with E-state index in [0.29, 0.717) is 18.2 Å². The zero-order chi connectivity index (χ0) is 22.8. The Kier molecular flexibility index (Phi) is 6.49. The Bertz CT molecular complexity index is 963. The van der Waals surface area contributed by atoms with Crippen molar-refractivity contribution in [2.75, 3.05) is 6.54 Å². The minimum absolute atomic E-state index is 0.0103. The van der Waals surface area contributed by atoms with E-state index in [9.17, 15) is 9.59 Å². The normalized spacial score (nSPS) is 27.8. The Morgan fingerprint density at radius 3 is 2.55 bits per heavy atom. The molecule has 1 aliphatic heterocycles. The molecule has 0 bridgehead atoms. The van der Waals surface area contributed by atoms with E-state index >= 15 is 0 Å². The van der Waals surface area contributed by atoms with Crippen molar-refractivity contribution >= 4 is 11.8 Å². The van der Waals surface area contributed by atoms with E-state index in [-0.39, 0.29) is 35.9 Å². The molecule has 5 rings (SSSR count). The van der Waals surface area contributed by atoms with E-state index in [2.05, 4.69) is 27.5 Å². The van der Waals surface area contributed by atoms with E-state index in [4.69, 9.17) is 10.3 Å². The fourth-order valence-electron chi connectivity index (χ4n) is 5.37. The second kappa shape index (κ2) is 9.67. The molecule has 33 heavy (non-hydrogen) atoms. The Morgan fingerprint density at radius 2 is 1.82 bits per heavy atom. The van der Waals surface area contributed by atoms with Crippen molar-refractivity contribution in [2.24, 2.45) is 11.7 Å². The zero-order valence-corrected chi connectivity index (χ0v) is 19.1. The molecular formula is C26H34N4O3. The molecule has 2 unspecified atom stereocenters. The second-order valence-electron chi connectivity index (χ2n) is 10.1. The molecule has 3 N–H and O–H groups in total. The zero-order valence-electron chi connectivity index (χ0n) is 19.1. The van der Waals surface area contributed by atoms with Crippen molar-refractivity contribution in [3.8, 4) is 0 Å². The van der Waals surface area contributed by atoms with Gasteiger partial charge in [-0.1, -0.05) is 35.5 Å². The van der Waals surface area contributed by atoms with Gasteiger partial charge in [0.15, 0.2) is 5.69 Å². The summed E-state index contributed by atoms with van der Waals surface area (Å²) in [6.45, 7) is 0.663. The van der Waals surface area contributed by atoms with Gasteiger partial charge in [-0.3, -0.25) is 9.59 Å². The highest BCUT2D eigenvalue weighted by Crippen LogP contribution is 2.40. The summed E-state index contributed by atoms with van der Waals surface area (Å²) in [5, 5.41) is 7.13. The van der Waals surface area contributed by atoms with Gasteiger partial charge in [0.1, 0.15) is 5.76 Å². The lowest BCUT2D eigenvalue weighted by molar-refractivity contribution is -0.140. The maximum Gasteiger partial charge on any atom is 0.273 e. The van der Waals surface area contributed by atoms with Gasteiger partial charge in [-0.05, 0) is 63.4 Å². The molecule has 1 aromatic heterocycles. The number of carbonyl (C=O) groups is 2. The molecule has 2 saturated carbocycles. The summed E-state index contributed by atoms with van der Waals surface area (Å²) in [6.07, 6.45) is 8.11. The van der Waals surface area contributed by atoms with E-state index in [1.54, 1.807) is 6.07 Å². The first-order valence-corrected chi connectivity index (χ1v) is 12.4. The first-order valence-electron chi connectivity index (χ1n) is 12.4. The van der Waals surface area contributed by atoms with Crippen LogP contribution in [-0.2, 0) is 11.2 Å². The molecule has 2 heterocycles. The fourth-order valence-corrected chi connectivity index (χ4v) is 5.37. The average Bonchev–Trinajstić information content (AvgIpc) is 3.56. The molecule has 2 aromatic rings. The number of aromatic nitrogens is 1. The average molecular weight is 451 g/mol. The fraction of sp³-hybridized carbons (Fsp3) is 0.577. The van der Waals surface area contributed by atoms with E-state index in [0.717, 1.165) is 63.5 Å². The largest absolute Gasteiger partial charge is 0.360 e. The molecule has 2 amide bonds. The Labute approximate surface area is 195 Å². The van der Waals surface area contributed by atoms with Gasteiger partial charge in [0.05, 0.1) is 0 Å². The lowest BCUT2D eigenvalue weighted by atomic mass is 9.84. The van der Waals surface area contributed by atoms with Crippen LogP contribution in [0.5, 0.6) is 0 Å². The van der Waals surface area contributed by atoms with Crippen molar-refractivity contribution in [1.82, 2.24) is 15.4 Å². The summed E-state index contributed by atoms with van der Waals surface area (Å²) >= 11 is 0. The van der Waals surface area contributed by atoms with Crippen LogP contribution in [0.2, 0.25) is 0 Å². The number of benzene rings is 1. The number of amides is 2. The van der Waals surface area contributed by atoms with Crippen molar-refractivity contribution in [2.45, 2.75) is 81.8 Å². The summed E-state index contributed by atoms with van der Waals surface area (Å²) in [5.41, 5.74) is 7.63. The topological polar surface area (TPSA) is 101 Å². The molecule has 0 spiro atoms. The molecular weight excluding hydrogens is 416 g/mol. The number of rotatable bonds is 6. The Balaban J connectivity index is 1.26. The van der Waals surface area contributed by atoms with Gasteiger partial charge in [0, 0.05) is 42.6 Å². The van der Waals surface area contributed by atoms with Crippen LogP contribution in [0.25, 0.3) is 0 Å². The van der Waals surface area contributed by atoms with Crippen molar-refractivity contribution in [3.63, 3.8) is 0 Å². The summed E-state index contributed by atoms with van der Waals surface area (Å²) in [5.74, 6) is 1.39. The lowest BCUT2D eigenvalue weighted by Crippen LogP contribution is -2.54. The molecule has 7 nitrogen and oxygen atoms in total. The van der Waals surface area contributed by atoms with E-state index in [1.807, 2.05) is 18.2 Å².